The summed E-state index contributed by atoms with van der Waals surface area (Å²) >= 11 is 1.57. The molecule has 0 aliphatic heterocycles. The summed E-state index contributed by atoms with van der Waals surface area (Å²) in [5, 5.41) is 10.9. The van der Waals surface area contributed by atoms with Gasteiger partial charge in [0.25, 0.3) is 0 Å². The van der Waals surface area contributed by atoms with Crippen LogP contribution in [0, 0.1) is 0 Å². The number of carbonyl (C=O) groups excluding carboxylic acids is 1. The number of aryl methyl sites for hydroxylation is 1. The Bertz CT molecular complexity index is 924. The zero-order valence-corrected chi connectivity index (χ0v) is 17.6. The molecule has 1 amide bonds. The molecule has 0 unspecified atom stereocenters. The van der Waals surface area contributed by atoms with E-state index in [-0.39, 0.29) is 18.4 Å². The van der Waals surface area contributed by atoms with Crippen molar-refractivity contribution >= 4 is 17.2 Å². The Kier molecular flexibility index (Phi) is 7.24. The van der Waals surface area contributed by atoms with Crippen LogP contribution in [0.15, 0.2) is 39.5 Å². The molecule has 2 aromatic heterocycles. The van der Waals surface area contributed by atoms with Gasteiger partial charge >= 0.3 is 0 Å². The highest BCUT2D eigenvalue weighted by atomic mass is 32.1. The zero-order chi connectivity index (χ0) is 20.6. The van der Waals surface area contributed by atoms with Crippen LogP contribution in [-0.4, -0.2) is 29.3 Å². The number of hydrogen-bond acceptors (Lipinski definition) is 7. The van der Waals surface area contributed by atoms with Gasteiger partial charge in [0, 0.05) is 23.8 Å². The lowest BCUT2D eigenvalue weighted by Crippen LogP contribution is -2.26. The molecular formula is C21H25N3O4S. The number of nitrogens with one attached hydrogen (secondary N) is 1. The first-order valence-corrected chi connectivity index (χ1v) is 10.6. The third-order valence-corrected chi connectivity index (χ3v) is 4.94. The summed E-state index contributed by atoms with van der Waals surface area (Å²) in [6.45, 7) is 6.90. The van der Waals surface area contributed by atoms with Gasteiger partial charge in [-0.3, -0.25) is 4.79 Å². The molecule has 0 saturated carbocycles. The molecule has 0 fully saturated rings. The van der Waals surface area contributed by atoms with E-state index in [2.05, 4.69) is 15.5 Å². The van der Waals surface area contributed by atoms with Gasteiger partial charge in [-0.1, -0.05) is 11.2 Å². The fraction of sp³-hybridized carbons (Fsp3) is 0.381. The monoisotopic (exact) mass is 415 g/mol. The lowest BCUT2D eigenvalue weighted by Gasteiger charge is -2.17. The van der Waals surface area contributed by atoms with Gasteiger partial charge in [-0.05, 0) is 49.9 Å². The van der Waals surface area contributed by atoms with Crippen molar-refractivity contribution in [3.05, 3.63) is 46.5 Å². The van der Waals surface area contributed by atoms with Crippen LogP contribution in [-0.2, 0) is 11.2 Å². The first kappa shape index (κ1) is 20.9. The molecule has 29 heavy (non-hydrogen) atoms. The van der Waals surface area contributed by atoms with Gasteiger partial charge in [-0.15, -0.1) is 0 Å². The topological polar surface area (TPSA) is 86.5 Å². The standard InChI is InChI=1S/C21H25N3O4S/c1-4-26-17-7-6-15(12-18(17)27-5-2)14(3)22-19(25)8-9-20-23-21(24-28-20)16-10-11-29-13-16/h6-7,10-14H,4-5,8-9H2,1-3H3,(H,22,25)/t14-/m0/s1. The molecule has 154 valence electrons. The Hall–Kier alpha value is -2.87. The highest BCUT2D eigenvalue weighted by molar-refractivity contribution is 7.08. The van der Waals surface area contributed by atoms with Gasteiger partial charge in [0.05, 0.1) is 19.3 Å². The maximum Gasteiger partial charge on any atom is 0.227 e. The summed E-state index contributed by atoms with van der Waals surface area (Å²) in [5.41, 5.74) is 1.87. The highest BCUT2D eigenvalue weighted by Gasteiger charge is 2.15. The molecule has 0 aliphatic carbocycles. The molecule has 0 bridgehead atoms. The number of benzene rings is 1. The van der Waals surface area contributed by atoms with Crippen molar-refractivity contribution in [3.63, 3.8) is 0 Å². The van der Waals surface area contributed by atoms with Crippen molar-refractivity contribution in [3.8, 4) is 22.9 Å². The van der Waals surface area contributed by atoms with Gasteiger partial charge in [0.2, 0.25) is 17.6 Å². The number of rotatable bonds is 10. The summed E-state index contributed by atoms with van der Waals surface area (Å²) in [6.07, 6.45) is 0.661. The Balaban J connectivity index is 1.55. The van der Waals surface area contributed by atoms with E-state index in [0.717, 1.165) is 11.1 Å². The van der Waals surface area contributed by atoms with Crippen molar-refractivity contribution in [2.75, 3.05) is 13.2 Å². The lowest BCUT2D eigenvalue weighted by molar-refractivity contribution is -0.121. The van der Waals surface area contributed by atoms with E-state index < -0.39 is 0 Å². The summed E-state index contributed by atoms with van der Waals surface area (Å²) in [5.74, 6) is 2.30. The maximum atomic E-state index is 12.4. The molecule has 2 heterocycles. The molecule has 1 N–H and O–H groups in total. The second-order valence-electron chi connectivity index (χ2n) is 6.39. The summed E-state index contributed by atoms with van der Waals surface area (Å²) < 4.78 is 16.5. The van der Waals surface area contributed by atoms with Gasteiger partial charge in [-0.25, -0.2) is 0 Å². The molecule has 3 aromatic rings. The summed E-state index contributed by atoms with van der Waals surface area (Å²) in [6, 6.07) is 7.48. The number of thiophene rings is 1. The van der Waals surface area contributed by atoms with Crippen LogP contribution in [0.2, 0.25) is 0 Å². The smallest absolute Gasteiger partial charge is 0.227 e. The second-order valence-corrected chi connectivity index (χ2v) is 7.17. The van der Waals surface area contributed by atoms with Crippen LogP contribution in [0.5, 0.6) is 11.5 Å². The number of nitrogens with zero attached hydrogens (tertiary/aromatic N) is 2. The van der Waals surface area contributed by atoms with Gasteiger partial charge in [-0.2, -0.15) is 16.3 Å². The molecule has 8 heteroatoms. The summed E-state index contributed by atoms with van der Waals surface area (Å²) in [4.78, 5) is 16.7. The number of hydrogen-bond donors (Lipinski definition) is 1. The SMILES string of the molecule is CCOc1ccc([C@H](C)NC(=O)CCc2nc(-c3ccsc3)no2)cc1OCC. The molecule has 0 radical (unpaired) electrons. The fourth-order valence-electron chi connectivity index (χ4n) is 2.82. The van der Waals surface area contributed by atoms with E-state index in [0.29, 0.717) is 42.8 Å². The molecule has 0 aliphatic rings. The normalized spacial score (nSPS) is 11.8. The molecule has 1 aromatic carbocycles. The predicted octanol–water partition coefficient (Wildman–Crippen LogP) is 4.41. The van der Waals surface area contributed by atoms with Gasteiger partial charge < -0.3 is 19.3 Å². The zero-order valence-electron chi connectivity index (χ0n) is 16.8. The minimum absolute atomic E-state index is 0.0837. The predicted molar refractivity (Wildman–Crippen MR) is 111 cm³/mol. The van der Waals surface area contributed by atoms with E-state index in [1.807, 2.05) is 55.8 Å². The first-order valence-electron chi connectivity index (χ1n) is 9.64. The Morgan fingerprint density at radius 1 is 1.21 bits per heavy atom. The van der Waals surface area contributed by atoms with Crippen LogP contribution >= 0.6 is 11.3 Å². The Labute approximate surface area is 174 Å². The van der Waals surface area contributed by atoms with Crippen LogP contribution in [0.1, 0.15) is 44.7 Å². The minimum Gasteiger partial charge on any atom is -0.490 e. The van der Waals surface area contributed by atoms with E-state index in [1.165, 1.54) is 0 Å². The van der Waals surface area contributed by atoms with Crippen molar-refractivity contribution in [2.24, 2.45) is 0 Å². The third kappa shape index (κ3) is 5.57. The second kappa shape index (κ2) is 10.1. The van der Waals surface area contributed by atoms with Crippen LogP contribution < -0.4 is 14.8 Å². The van der Waals surface area contributed by atoms with Crippen LogP contribution in [0.3, 0.4) is 0 Å². The maximum absolute atomic E-state index is 12.4. The molecule has 0 spiro atoms. The largest absolute Gasteiger partial charge is 0.490 e. The molecule has 7 nitrogen and oxygen atoms in total. The van der Waals surface area contributed by atoms with E-state index in [9.17, 15) is 4.79 Å². The highest BCUT2D eigenvalue weighted by Crippen LogP contribution is 2.30. The number of amides is 1. The van der Waals surface area contributed by atoms with Crippen molar-refractivity contribution < 1.29 is 18.8 Å². The van der Waals surface area contributed by atoms with Crippen molar-refractivity contribution in [1.82, 2.24) is 15.5 Å². The Morgan fingerprint density at radius 2 is 2.00 bits per heavy atom. The lowest BCUT2D eigenvalue weighted by atomic mass is 10.1. The van der Waals surface area contributed by atoms with Crippen molar-refractivity contribution in [2.45, 2.75) is 39.7 Å². The van der Waals surface area contributed by atoms with Gasteiger partial charge in [0.1, 0.15) is 0 Å². The molecule has 3 rings (SSSR count). The number of carbonyl (C=O) groups is 1. The van der Waals surface area contributed by atoms with E-state index in [4.69, 9.17) is 14.0 Å². The Morgan fingerprint density at radius 3 is 2.72 bits per heavy atom. The molecule has 0 saturated heterocycles. The molecular weight excluding hydrogens is 390 g/mol. The number of aromatic nitrogens is 2. The molecule has 1 atom stereocenters. The third-order valence-electron chi connectivity index (χ3n) is 4.26. The average Bonchev–Trinajstić information content (AvgIpc) is 3.40. The fourth-order valence-corrected chi connectivity index (χ4v) is 3.45. The number of ether oxygens (including phenoxy) is 2. The van der Waals surface area contributed by atoms with Crippen LogP contribution in [0.25, 0.3) is 11.4 Å². The first-order chi connectivity index (χ1) is 14.1. The summed E-state index contributed by atoms with van der Waals surface area (Å²) in [7, 11) is 0. The minimum atomic E-state index is -0.165. The van der Waals surface area contributed by atoms with E-state index >= 15 is 0 Å². The van der Waals surface area contributed by atoms with Crippen molar-refractivity contribution in [1.29, 1.82) is 0 Å². The van der Waals surface area contributed by atoms with Crippen LogP contribution in [0.4, 0.5) is 0 Å². The van der Waals surface area contributed by atoms with E-state index in [1.54, 1.807) is 11.3 Å². The average molecular weight is 416 g/mol. The quantitative estimate of drug-likeness (QED) is 0.528. The van der Waals surface area contributed by atoms with Gasteiger partial charge in [0.15, 0.2) is 11.5 Å².